The molecule has 19 heavy (non-hydrogen) atoms. The quantitative estimate of drug-likeness (QED) is 0.890. The summed E-state index contributed by atoms with van der Waals surface area (Å²) >= 11 is 6.25. The first-order valence-electron chi connectivity index (χ1n) is 7.18. The zero-order chi connectivity index (χ0) is 13.9. The third kappa shape index (κ3) is 3.21. The van der Waals surface area contributed by atoms with E-state index in [2.05, 4.69) is 29.0 Å². The molecule has 0 spiro atoms. The van der Waals surface area contributed by atoms with Crippen LogP contribution >= 0.6 is 11.6 Å². The van der Waals surface area contributed by atoms with Gasteiger partial charge in [-0.2, -0.15) is 0 Å². The van der Waals surface area contributed by atoms with Gasteiger partial charge in [0.2, 0.25) is 0 Å². The van der Waals surface area contributed by atoms with Crippen molar-refractivity contribution in [2.45, 2.75) is 39.7 Å². The summed E-state index contributed by atoms with van der Waals surface area (Å²) in [5.41, 5.74) is 1.49. The van der Waals surface area contributed by atoms with E-state index in [1.807, 2.05) is 19.2 Å². The van der Waals surface area contributed by atoms with Crippen molar-refractivity contribution in [1.82, 2.24) is 9.88 Å². The van der Waals surface area contributed by atoms with Crippen LogP contribution in [0.1, 0.15) is 38.8 Å². The molecule has 1 saturated heterocycles. The minimum atomic E-state index is 0.507. The predicted octanol–water partition coefficient (Wildman–Crippen LogP) is 3.79. The molecule has 1 aliphatic rings. The van der Waals surface area contributed by atoms with Gasteiger partial charge in [0.1, 0.15) is 5.82 Å². The van der Waals surface area contributed by atoms with Gasteiger partial charge in [0.05, 0.1) is 10.7 Å². The van der Waals surface area contributed by atoms with Crippen LogP contribution in [0.3, 0.4) is 0 Å². The maximum Gasteiger partial charge on any atom is 0.126 e. The van der Waals surface area contributed by atoms with Crippen molar-refractivity contribution in [2.24, 2.45) is 5.41 Å². The molecule has 0 aliphatic carbocycles. The van der Waals surface area contributed by atoms with E-state index in [1.54, 1.807) is 0 Å². The first-order valence-corrected chi connectivity index (χ1v) is 7.56. The van der Waals surface area contributed by atoms with E-state index in [0.717, 1.165) is 29.6 Å². The monoisotopic (exact) mass is 281 g/mol. The van der Waals surface area contributed by atoms with Gasteiger partial charge in [-0.25, -0.2) is 4.98 Å². The van der Waals surface area contributed by atoms with E-state index in [1.165, 1.54) is 25.8 Å². The number of aromatic nitrogens is 1. The van der Waals surface area contributed by atoms with Gasteiger partial charge < -0.3 is 5.32 Å². The van der Waals surface area contributed by atoms with Crippen LogP contribution in [0.2, 0.25) is 5.02 Å². The molecule has 0 unspecified atom stereocenters. The van der Waals surface area contributed by atoms with Gasteiger partial charge in [0, 0.05) is 20.1 Å². The van der Waals surface area contributed by atoms with Gasteiger partial charge in [-0.1, -0.05) is 25.4 Å². The minimum Gasteiger partial charge on any atom is -0.373 e. The number of halogens is 1. The van der Waals surface area contributed by atoms with Crippen LogP contribution in [-0.4, -0.2) is 30.0 Å². The van der Waals surface area contributed by atoms with E-state index in [0.29, 0.717) is 5.41 Å². The molecular weight excluding hydrogens is 258 g/mol. The van der Waals surface area contributed by atoms with Crippen molar-refractivity contribution >= 4 is 17.4 Å². The van der Waals surface area contributed by atoms with Crippen LogP contribution in [0.5, 0.6) is 0 Å². The van der Waals surface area contributed by atoms with Crippen molar-refractivity contribution in [3.63, 3.8) is 0 Å². The van der Waals surface area contributed by atoms with Crippen LogP contribution in [0, 0.1) is 5.41 Å². The third-order valence-corrected chi connectivity index (χ3v) is 4.91. The van der Waals surface area contributed by atoms with E-state index in [-0.39, 0.29) is 0 Å². The molecule has 1 aromatic heterocycles. The SMILES string of the molecule is CCC1(CC)CCN(Cc2nc(NC)ccc2Cl)C1. The number of anilines is 1. The lowest BCUT2D eigenvalue weighted by molar-refractivity contribution is 0.235. The van der Waals surface area contributed by atoms with Crippen molar-refractivity contribution < 1.29 is 0 Å². The lowest BCUT2D eigenvalue weighted by Gasteiger charge is -2.26. The molecule has 0 amide bonds. The van der Waals surface area contributed by atoms with Crippen molar-refractivity contribution in [3.05, 3.63) is 22.8 Å². The zero-order valence-corrected chi connectivity index (χ0v) is 12.9. The Labute approximate surface area is 121 Å². The highest BCUT2D eigenvalue weighted by molar-refractivity contribution is 6.31. The Balaban J connectivity index is 2.06. The summed E-state index contributed by atoms with van der Waals surface area (Å²) in [6.45, 7) is 7.79. The predicted molar refractivity (Wildman–Crippen MR) is 81.7 cm³/mol. The Hall–Kier alpha value is -0.800. The molecular formula is C15H24ClN3. The maximum absolute atomic E-state index is 6.25. The Morgan fingerprint density at radius 2 is 2.11 bits per heavy atom. The summed E-state index contributed by atoms with van der Waals surface area (Å²) in [6, 6.07) is 3.84. The molecule has 3 nitrogen and oxygen atoms in total. The molecule has 4 heteroatoms. The summed E-state index contributed by atoms with van der Waals surface area (Å²) in [5, 5.41) is 3.84. The van der Waals surface area contributed by atoms with Crippen LogP contribution < -0.4 is 5.32 Å². The van der Waals surface area contributed by atoms with Gasteiger partial charge in [0.25, 0.3) is 0 Å². The van der Waals surface area contributed by atoms with Crippen LogP contribution in [0.4, 0.5) is 5.82 Å². The topological polar surface area (TPSA) is 28.2 Å². The van der Waals surface area contributed by atoms with E-state index >= 15 is 0 Å². The lowest BCUT2D eigenvalue weighted by Crippen LogP contribution is -2.26. The highest BCUT2D eigenvalue weighted by Gasteiger charge is 2.34. The fourth-order valence-corrected chi connectivity index (χ4v) is 3.10. The highest BCUT2D eigenvalue weighted by atomic mass is 35.5. The highest BCUT2D eigenvalue weighted by Crippen LogP contribution is 2.37. The molecule has 0 aromatic carbocycles. The second kappa shape index (κ2) is 6.10. The molecule has 1 N–H and O–H groups in total. The largest absolute Gasteiger partial charge is 0.373 e. The minimum absolute atomic E-state index is 0.507. The second-order valence-corrected chi connectivity index (χ2v) is 5.95. The molecule has 0 radical (unpaired) electrons. The molecule has 0 saturated carbocycles. The van der Waals surface area contributed by atoms with Crippen LogP contribution in [0.15, 0.2) is 12.1 Å². The summed E-state index contributed by atoms with van der Waals surface area (Å²) < 4.78 is 0. The van der Waals surface area contributed by atoms with Crippen molar-refractivity contribution in [2.75, 3.05) is 25.5 Å². The molecule has 2 heterocycles. The van der Waals surface area contributed by atoms with Gasteiger partial charge >= 0.3 is 0 Å². The first kappa shape index (κ1) is 14.6. The number of rotatable bonds is 5. The standard InChI is InChI=1S/C15H24ClN3/c1-4-15(5-2)8-9-19(11-15)10-13-12(16)6-7-14(17-3)18-13/h6-7H,4-5,8-11H2,1-3H3,(H,17,18). The summed E-state index contributed by atoms with van der Waals surface area (Å²) in [6.07, 6.45) is 3.82. The fraction of sp³-hybridized carbons (Fsp3) is 0.667. The fourth-order valence-electron chi connectivity index (χ4n) is 2.94. The van der Waals surface area contributed by atoms with Gasteiger partial charge in [0.15, 0.2) is 0 Å². The average molecular weight is 282 g/mol. The summed E-state index contributed by atoms with van der Waals surface area (Å²) in [7, 11) is 1.88. The molecule has 106 valence electrons. The number of hydrogen-bond donors (Lipinski definition) is 1. The number of nitrogens with zero attached hydrogens (tertiary/aromatic N) is 2. The van der Waals surface area contributed by atoms with Crippen LogP contribution in [0.25, 0.3) is 0 Å². The van der Waals surface area contributed by atoms with E-state index in [9.17, 15) is 0 Å². The first-order chi connectivity index (χ1) is 9.12. The maximum atomic E-state index is 6.25. The second-order valence-electron chi connectivity index (χ2n) is 5.54. The number of nitrogens with one attached hydrogen (secondary N) is 1. The molecule has 0 bridgehead atoms. The van der Waals surface area contributed by atoms with Gasteiger partial charge in [-0.05, 0) is 43.4 Å². The number of likely N-dealkylation sites (tertiary alicyclic amines) is 1. The average Bonchev–Trinajstić information content (AvgIpc) is 2.85. The van der Waals surface area contributed by atoms with E-state index in [4.69, 9.17) is 11.6 Å². The van der Waals surface area contributed by atoms with Gasteiger partial charge in [-0.15, -0.1) is 0 Å². The molecule has 1 aliphatic heterocycles. The Kier molecular flexibility index (Phi) is 4.69. The smallest absolute Gasteiger partial charge is 0.126 e. The summed E-state index contributed by atoms with van der Waals surface area (Å²) in [4.78, 5) is 7.06. The van der Waals surface area contributed by atoms with Crippen molar-refractivity contribution in [3.8, 4) is 0 Å². The molecule has 0 atom stereocenters. The van der Waals surface area contributed by atoms with Crippen LogP contribution in [-0.2, 0) is 6.54 Å². The Bertz CT molecular complexity index is 429. The Morgan fingerprint density at radius 3 is 2.68 bits per heavy atom. The number of hydrogen-bond acceptors (Lipinski definition) is 3. The third-order valence-electron chi connectivity index (χ3n) is 4.57. The molecule has 2 rings (SSSR count). The number of pyridine rings is 1. The van der Waals surface area contributed by atoms with Gasteiger partial charge in [-0.3, -0.25) is 4.90 Å². The summed E-state index contributed by atoms with van der Waals surface area (Å²) in [5.74, 6) is 0.885. The lowest BCUT2D eigenvalue weighted by atomic mass is 9.82. The van der Waals surface area contributed by atoms with E-state index < -0.39 is 0 Å². The normalized spacial score (nSPS) is 18.7. The molecule has 1 aromatic rings. The van der Waals surface area contributed by atoms with Crippen molar-refractivity contribution in [1.29, 1.82) is 0 Å². The molecule has 1 fully saturated rings. The Morgan fingerprint density at radius 1 is 1.37 bits per heavy atom. The zero-order valence-electron chi connectivity index (χ0n) is 12.2.